The second-order valence-electron chi connectivity index (χ2n) is 7.47. The van der Waals surface area contributed by atoms with E-state index in [0.29, 0.717) is 29.5 Å². The highest BCUT2D eigenvalue weighted by atomic mass is 31.1. The Morgan fingerprint density at radius 3 is 2.07 bits per heavy atom. The van der Waals surface area contributed by atoms with Crippen molar-refractivity contribution in [3.05, 3.63) is 58.1 Å². The lowest BCUT2D eigenvalue weighted by Crippen LogP contribution is -2.26. The molecule has 0 bridgehead atoms. The van der Waals surface area contributed by atoms with E-state index in [1.165, 1.54) is 6.07 Å². The number of methoxy groups -OCH3 is 1. The summed E-state index contributed by atoms with van der Waals surface area (Å²) in [6.07, 6.45) is -2.96. The number of benzene rings is 2. The fourth-order valence-corrected chi connectivity index (χ4v) is 5.46. The quantitative estimate of drug-likeness (QED) is 0.348. The van der Waals surface area contributed by atoms with Gasteiger partial charge in [-0.05, 0) is 50.5 Å². The van der Waals surface area contributed by atoms with Crippen molar-refractivity contribution in [2.24, 2.45) is 0 Å². The monoisotopic (exact) mass is 426 g/mol. The van der Waals surface area contributed by atoms with E-state index in [4.69, 9.17) is 9.47 Å². The van der Waals surface area contributed by atoms with Gasteiger partial charge < -0.3 is 9.47 Å². The predicted molar refractivity (Wildman–Crippen MR) is 115 cm³/mol. The molecule has 0 aliphatic carbocycles. The van der Waals surface area contributed by atoms with Gasteiger partial charge in [0.15, 0.2) is 6.79 Å². The van der Waals surface area contributed by atoms with Crippen LogP contribution in [-0.2, 0) is 16.1 Å². The molecule has 0 saturated carbocycles. The van der Waals surface area contributed by atoms with E-state index in [0.717, 1.165) is 16.7 Å². The van der Waals surface area contributed by atoms with E-state index in [9.17, 15) is 13.2 Å². The van der Waals surface area contributed by atoms with Crippen LogP contribution in [0.3, 0.4) is 0 Å². The second-order valence-corrected chi connectivity index (χ2v) is 9.22. The van der Waals surface area contributed by atoms with Gasteiger partial charge in [0.25, 0.3) is 0 Å². The Hall–Kier alpha value is -1.58. The largest absolute Gasteiger partial charge is 0.467 e. The predicted octanol–water partition coefficient (Wildman–Crippen LogP) is 6.63. The molecule has 29 heavy (non-hydrogen) atoms. The maximum absolute atomic E-state index is 13.8. The molecule has 0 fully saturated rings. The molecule has 0 heterocycles. The summed E-state index contributed by atoms with van der Waals surface area (Å²) in [5.74, 6) is 0.717. The van der Waals surface area contributed by atoms with Crippen LogP contribution >= 0.6 is 8.58 Å². The zero-order valence-electron chi connectivity index (χ0n) is 18.0. The fourth-order valence-electron chi connectivity index (χ4n) is 3.75. The zero-order chi connectivity index (χ0) is 21.8. The van der Waals surface area contributed by atoms with Crippen molar-refractivity contribution in [2.45, 2.75) is 58.8 Å². The van der Waals surface area contributed by atoms with Crippen LogP contribution in [0.25, 0.3) is 0 Å². The van der Waals surface area contributed by atoms with Crippen molar-refractivity contribution in [1.82, 2.24) is 0 Å². The number of hydrogen-bond donors (Lipinski definition) is 0. The molecule has 2 aromatic carbocycles. The van der Waals surface area contributed by atoms with Crippen molar-refractivity contribution in [3.8, 4) is 5.75 Å². The van der Waals surface area contributed by atoms with Crippen LogP contribution in [0.1, 0.15) is 54.5 Å². The highest BCUT2D eigenvalue weighted by molar-refractivity contribution is 7.48. The molecule has 6 heteroatoms. The van der Waals surface area contributed by atoms with Gasteiger partial charge in [-0.3, -0.25) is 0 Å². The van der Waals surface area contributed by atoms with Crippen molar-refractivity contribution in [1.29, 1.82) is 0 Å². The van der Waals surface area contributed by atoms with Gasteiger partial charge in [0.05, 0.1) is 5.56 Å². The Morgan fingerprint density at radius 1 is 0.897 bits per heavy atom. The van der Waals surface area contributed by atoms with Crippen LogP contribution in [0, 0.1) is 20.8 Å². The Morgan fingerprint density at radius 2 is 1.52 bits per heavy atom. The Labute approximate surface area is 173 Å². The van der Waals surface area contributed by atoms with Crippen molar-refractivity contribution >= 4 is 13.9 Å². The molecule has 0 aliphatic heterocycles. The van der Waals surface area contributed by atoms with Crippen LogP contribution in [0.2, 0.25) is 0 Å². The molecule has 1 atom stereocenters. The van der Waals surface area contributed by atoms with Crippen LogP contribution in [-0.4, -0.2) is 13.9 Å². The highest BCUT2D eigenvalue weighted by Gasteiger charge is 2.38. The minimum atomic E-state index is -4.38. The van der Waals surface area contributed by atoms with Crippen molar-refractivity contribution in [3.63, 3.8) is 0 Å². The summed E-state index contributed by atoms with van der Waals surface area (Å²) in [6, 6.07) is 8.73. The van der Waals surface area contributed by atoms with E-state index in [-0.39, 0.29) is 15.4 Å². The van der Waals surface area contributed by atoms with E-state index < -0.39 is 16.9 Å². The minimum Gasteiger partial charge on any atom is -0.467 e. The molecule has 2 rings (SSSR count). The number of halogens is 3. The average Bonchev–Trinajstić information content (AvgIpc) is 2.65. The summed E-state index contributed by atoms with van der Waals surface area (Å²) in [6.45, 7) is 9.83. The average molecular weight is 426 g/mol. The third-order valence-corrected chi connectivity index (χ3v) is 7.48. The van der Waals surface area contributed by atoms with Gasteiger partial charge in [0.2, 0.25) is 0 Å². The molecule has 0 aliphatic rings. The second kappa shape index (κ2) is 9.49. The maximum Gasteiger partial charge on any atom is 0.417 e. The Bertz CT molecular complexity index is 843. The van der Waals surface area contributed by atoms with E-state index in [1.54, 1.807) is 26.2 Å². The van der Waals surface area contributed by atoms with Gasteiger partial charge >= 0.3 is 6.18 Å². The number of aryl methyl sites for hydroxylation is 3. The van der Waals surface area contributed by atoms with Crippen molar-refractivity contribution < 1.29 is 22.6 Å². The maximum atomic E-state index is 13.8. The summed E-state index contributed by atoms with van der Waals surface area (Å²) in [5.41, 5.74) is 3.07. The summed E-state index contributed by atoms with van der Waals surface area (Å²) in [4.78, 5) is 0. The van der Waals surface area contributed by atoms with Crippen LogP contribution in [0.5, 0.6) is 5.75 Å². The van der Waals surface area contributed by atoms with Gasteiger partial charge in [-0.25, -0.2) is 0 Å². The van der Waals surface area contributed by atoms with Crippen LogP contribution in [0.15, 0.2) is 30.3 Å². The zero-order valence-corrected chi connectivity index (χ0v) is 19.0. The van der Waals surface area contributed by atoms with Gasteiger partial charge in [-0.1, -0.05) is 57.8 Å². The number of hydrogen-bond acceptors (Lipinski definition) is 2. The normalized spacial score (nSPS) is 12.7. The van der Waals surface area contributed by atoms with E-state index in [2.05, 4.69) is 6.07 Å². The van der Waals surface area contributed by atoms with Gasteiger partial charge in [-0.15, -0.1) is 0 Å². The van der Waals surface area contributed by atoms with E-state index in [1.807, 2.05) is 33.8 Å². The van der Waals surface area contributed by atoms with Crippen LogP contribution < -0.4 is 10.0 Å². The molecule has 0 saturated heterocycles. The summed E-state index contributed by atoms with van der Waals surface area (Å²) in [7, 11) is 1.52. The molecular weight excluding hydrogens is 396 g/mol. The first-order valence-corrected chi connectivity index (χ1v) is 10.8. The van der Waals surface area contributed by atoms with Gasteiger partial charge in [0, 0.05) is 17.8 Å². The smallest absolute Gasteiger partial charge is 0.417 e. The Balaban J connectivity index is 2.66. The molecule has 0 amide bonds. The molecule has 0 aromatic heterocycles. The third-order valence-electron chi connectivity index (χ3n) is 5.32. The highest BCUT2D eigenvalue weighted by Crippen LogP contribution is 2.52. The minimum absolute atomic E-state index is 0.0345. The topological polar surface area (TPSA) is 18.5 Å². The number of alkyl halides is 3. The molecular formula is C23H30F3O2P. The summed E-state index contributed by atoms with van der Waals surface area (Å²) < 4.78 is 52.2. The molecule has 2 aromatic rings. The van der Waals surface area contributed by atoms with Crippen molar-refractivity contribution in [2.75, 3.05) is 13.9 Å². The summed E-state index contributed by atoms with van der Waals surface area (Å²) in [5, 5.41) is -0.0987. The number of ether oxygens (including phenoxy) is 2. The number of rotatable bonds is 8. The molecule has 0 spiro atoms. The lowest BCUT2D eigenvalue weighted by molar-refractivity contribution is -0.136. The Kier molecular flexibility index (Phi) is 7.75. The molecule has 160 valence electrons. The first-order valence-electron chi connectivity index (χ1n) is 9.77. The lowest BCUT2D eigenvalue weighted by Gasteiger charge is -2.35. The van der Waals surface area contributed by atoms with Gasteiger partial charge in [0.1, 0.15) is 5.75 Å². The molecule has 0 radical (unpaired) electrons. The molecule has 1 unspecified atom stereocenters. The molecule has 2 nitrogen and oxygen atoms in total. The van der Waals surface area contributed by atoms with Crippen LogP contribution in [0.4, 0.5) is 13.2 Å². The first-order chi connectivity index (χ1) is 13.6. The third kappa shape index (κ3) is 5.32. The molecule has 0 N–H and O–H groups in total. The summed E-state index contributed by atoms with van der Waals surface area (Å²) >= 11 is 0. The fraction of sp³-hybridized carbons (Fsp3) is 0.478. The van der Waals surface area contributed by atoms with Gasteiger partial charge in [-0.2, -0.15) is 13.2 Å². The van der Waals surface area contributed by atoms with E-state index >= 15 is 0 Å². The lowest BCUT2D eigenvalue weighted by atomic mass is 9.89. The SMILES string of the molecule is CCC(CC)(Pc1ccc(C)cc1C(F)(F)F)c1cc(C)cc(C)c1OCOC. The first kappa shape index (κ1) is 23.7. The standard InChI is InChI=1S/C23H30F3O2P/c1-7-22(8-2,19-13-16(4)11-17(5)21(19)28-14-27-6)29-20-10-9-15(3)12-18(20)23(24,25)26/h9-13,29H,7-8,14H2,1-6H3.